The van der Waals surface area contributed by atoms with Crippen molar-refractivity contribution in [3.8, 4) is 0 Å². The molecule has 0 saturated carbocycles. The zero-order valence-electron chi connectivity index (χ0n) is 23.2. The fourth-order valence-corrected chi connectivity index (χ4v) is 5.55. The van der Waals surface area contributed by atoms with Gasteiger partial charge in [0.25, 0.3) is 10.0 Å². The van der Waals surface area contributed by atoms with E-state index in [2.05, 4.69) is 5.32 Å². The highest BCUT2D eigenvalue weighted by atomic mass is 35.5. The molecule has 3 aromatic carbocycles. The fraction of sp³-hybridized carbons (Fsp3) is 0.333. The number of benzene rings is 3. The number of nitrogens with zero attached hydrogens (tertiary/aromatic N) is 2. The van der Waals surface area contributed by atoms with Crippen molar-refractivity contribution in [1.29, 1.82) is 0 Å². The van der Waals surface area contributed by atoms with Crippen LogP contribution in [0.1, 0.15) is 43.0 Å². The molecule has 0 heterocycles. The maximum absolute atomic E-state index is 13.9. The van der Waals surface area contributed by atoms with Gasteiger partial charge in [-0.15, -0.1) is 0 Å². The van der Waals surface area contributed by atoms with Gasteiger partial charge in [-0.3, -0.25) is 13.9 Å². The van der Waals surface area contributed by atoms with E-state index < -0.39 is 28.5 Å². The lowest BCUT2D eigenvalue weighted by molar-refractivity contribution is -0.139. The quantitative estimate of drug-likeness (QED) is 0.354. The SMILES string of the molecule is Cc1ccc(CN(C(=O)CN(c2ccc(C)c(C)c2)S(=O)(=O)c2ccc(Cl)cc2)C(C)C(=O)NC(C)C)cc1. The molecule has 0 radical (unpaired) electrons. The molecule has 3 aromatic rings. The summed E-state index contributed by atoms with van der Waals surface area (Å²) in [5.74, 6) is -0.818. The molecule has 9 heteroatoms. The van der Waals surface area contributed by atoms with E-state index in [9.17, 15) is 18.0 Å². The Bertz CT molecular complexity index is 1420. The Kier molecular flexibility index (Phi) is 9.80. The van der Waals surface area contributed by atoms with E-state index in [-0.39, 0.29) is 23.4 Å². The predicted molar refractivity (Wildman–Crippen MR) is 156 cm³/mol. The lowest BCUT2D eigenvalue weighted by atomic mass is 10.1. The van der Waals surface area contributed by atoms with Gasteiger partial charge >= 0.3 is 0 Å². The van der Waals surface area contributed by atoms with Crippen molar-refractivity contribution in [2.75, 3.05) is 10.8 Å². The molecule has 39 heavy (non-hydrogen) atoms. The second-order valence-corrected chi connectivity index (χ2v) is 12.4. The summed E-state index contributed by atoms with van der Waals surface area (Å²) in [7, 11) is -4.15. The van der Waals surface area contributed by atoms with Crippen molar-refractivity contribution in [1.82, 2.24) is 10.2 Å². The number of hydrogen-bond donors (Lipinski definition) is 1. The van der Waals surface area contributed by atoms with E-state index in [4.69, 9.17) is 11.6 Å². The van der Waals surface area contributed by atoms with E-state index in [0.717, 1.165) is 26.6 Å². The van der Waals surface area contributed by atoms with Crippen LogP contribution in [0.5, 0.6) is 0 Å². The highest BCUT2D eigenvalue weighted by molar-refractivity contribution is 7.92. The lowest BCUT2D eigenvalue weighted by Gasteiger charge is -2.32. The molecule has 0 aliphatic carbocycles. The van der Waals surface area contributed by atoms with Crippen LogP contribution in [0.2, 0.25) is 5.02 Å². The molecule has 0 aliphatic rings. The summed E-state index contributed by atoms with van der Waals surface area (Å²) in [4.78, 5) is 28.3. The van der Waals surface area contributed by atoms with Gasteiger partial charge in [0.2, 0.25) is 11.8 Å². The molecule has 1 N–H and O–H groups in total. The average molecular weight is 570 g/mol. The highest BCUT2D eigenvalue weighted by Gasteiger charge is 2.32. The van der Waals surface area contributed by atoms with Crippen LogP contribution in [0.4, 0.5) is 5.69 Å². The molecule has 3 rings (SSSR count). The molecule has 1 unspecified atom stereocenters. The molecule has 1 atom stereocenters. The van der Waals surface area contributed by atoms with E-state index in [0.29, 0.717) is 10.7 Å². The molecule has 0 spiro atoms. The first kappa shape index (κ1) is 30.2. The molecular formula is C30H36ClN3O4S. The Hall–Kier alpha value is -3.36. The van der Waals surface area contributed by atoms with Gasteiger partial charge in [0.15, 0.2) is 0 Å². The van der Waals surface area contributed by atoms with E-state index in [1.165, 1.54) is 29.2 Å². The van der Waals surface area contributed by atoms with Gasteiger partial charge in [-0.2, -0.15) is 0 Å². The standard InChI is InChI=1S/C30H36ClN3O4S/c1-20(2)32-30(36)24(6)33(18-25-10-7-21(3)8-11-25)29(35)19-34(27-14-9-22(4)23(5)17-27)39(37,38)28-15-12-26(31)13-16-28/h7-17,20,24H,18-19H2,1-6H3,(H,32,36). The third-order valence-electron chi connectivity index (χ3n) is 6.53. The maximum atomic E-state index is 13.9. The van der Waals surface area contributed by atoms with Crippen molar-refractivity contribution in [3.05, 3.63) is 94.0 Å². The minimum atomic E-state index is -4.15. The van der Waals surface area contributed by atoms with Crippen LogP contribution in [0.3, 0.4) is 0 Å². The number of amides is 2. The Balaban J connectivity index is 2.05. The number of carbonyl (C=O) groups is 2. The summed E-state index contributed by atoms with van der Waals surface area (Å²) in [5, 5.41) is 3.26. The summed E-state index contributed by atoms with van der Waals surface area (Å²) in [5.41, 5.74) is 4.14. The number of aryl methyl sites for hydroxylation is 3. The summed E-state index contributed by atoms with van der Waals surface area (Å²) in [6.07, 6.45) is 0. The third-order valence-corrected chi connectivity index (χ3v) is 8.57. The predicted octanol–water partition coefficient (Wildman–Crippen LogP) is 5.40. The van der Waals surface area contributed by atoms with Crippen LogP contribution in [0.25, 0.3) is 0 Å². The smallest absolute Gasteiger partial charge is 0.264 e. The monoisotopic (exact) mass is 569 g/mol. The zero-order valence-corrected chi connectivity index (χ0v) is 24.8. The van der Waals surface area contributed by atoms with E-state index in [1.807, 2.05) is 65.0 Å². The minimum absolute atomic E-state index is 0.00797. The minimum Gasteiger partial charge on any atom is -0.352 e. The number of anilines is 1. The van der Waals surface area contributed by atoms with Gasteiger partial charge in [-0.05, 0) is 94.6 Å². The van der Waals surface area contributed by atoms with Crippen molar-refractivity contribution < 1.29 is 18.0 Å². The molecular weight excluding hydrogens is 534 g/mol. The average Bonchev–Trinajstić information content (AvgIpc) is 2.88. The summed E-state index contributed by atoms with van der Waals surface area (Å²) < 4.78 is 28.8. The van der Waals surface area contributed by atoms with Crippen LogP contribution >= 0.6 is 11.6 Å². The van der Waals surface area contributed by atoms with E-state index in [1.54, 1.807) is 19.1 Å². The number of nitrogens with one attached hydrogen (secondary N) is 1. The van der Waals surface area contributed by atoms with Gasteiger partial charge in [0.1, 0.15) is 12.6 Å². The Morgan fingerprint density at radius 2 is 1.49 bits per heavy atom. The third kappa shape index (κ3) is 7.61. The molecule has 0 saturated heterocycles. The highest BCUT2D eigenvalue weighted by Crippen LogP contribution is 2.27. The molecule has 0 aliphatic heterocycles. The number of rotatable bonds is 10. The first-order valence-corrected chi connectivity index (χ1v) is 14.6. The first-order chi connectivity index (χ1) is 18.3. The van der Waals surface area contributed by atoms with Crippen LogP contribution < -0.4 is 9.62 Å². The Morgan fingerprint density at radius 1 is 0.872 bits per heavy atom. The number of hydrogen-bond acceptors (Lipinski definition) is 4. The second-order valence-electron chi connectivity index (χ2n) is 10.1. The van der Waals surface area contributed by atoms with Gasteiger partial charge in [-0.1, -0.05) is 47.5 Å². The Labute approximate surface area is 236 Å². The second kappa shape index (κ2) is 12.7. The molecule has 0 bridgehead atoms. The van der Waals surface area contributed by atoms with Crippen LogP contribution in [0, 0.1) is 20.8 Å². The van der Waals surface area contributed by atoms with Gasteiger partial charge in [0, 0.05) is 17.6 Å². The molecule has 208 valence electrons. The maximum Gasteiger partial charge on any atom is 0.264 e. The van der Waals surface area contributed by atoms with Gasteiger partial charge in [0.05, 0.1) is 10.6 Å². The fourth-order valence-electron chi connectivity index (χ4n) is 4.02. The summed E-state index contributed by atoms with van der Waals surface area (Å²) >= 11 is 6.00. The molecule has 7 nitrogen and oxygen atoms in total. The number of halogens is 1. The molecule has 0 fully saturated rings. The first-order valence-electron chi connectivity index (χ1n) is 12.8. The molecule has 2 amide bonds. The van der Waals surface area contributed by atoms with Crippen LogP contribution in [0.15, 0.2) is 71.6 Å². The van der Waals surface area contributed by atoms with Crippen LogP contribution in [-0.2, 0) is 26.2 Å². The van der Waals surface area contributed by atoms with Crippen molar-refractivity contribution in [3.63, 3.8) is 0 Å². The zero-order chi connectivity index (χ0) is 28.9. The lowest BCUT2D eigenvalue weighted by Crippen LogP contribution is -2.52. The topological polar surface area (TPSA) is 86.8 Å². The molecule has 0 aromatic heterocycles. The van der Waals surface area contributed by atoms with Crippen molar-refractivity contribution in [2.24, 2.45) is 0 Å². The van der Waals surface area contributed by atoms with Gasteiger partial charge < -0.3 is 10.2 Å². The largest absolute Gasteiger partial charge is 0.352 e. The van der Waals surface area contributed by atoms with Crippen molar-refractivity contribution >= 4 is 39.1 Å². The number of sulfonamides is 1. The normalized spacial score (nSPS) is 12.2. The van der Waals surface area contributed by atoms with Crippen molar-refractivity contribution in [2.45, 2.75) is 65.1 Å². The summed E-state index contributed by atoms with van der Waals surface area (Å²) in [6, 6.07) is 17.8. The summed E-state index contributed by atoms with van der Waals surface area (Å²) in [6.45, 7) is 10.8. The Morgan fingerprint density at radius 3 is 2.05 bits per heavy atom. The van der Waals surface area contributed by atoms with E-state index >= 15 is 0 Å². The van der Waals surface area contributed by atoms with Gasteiger partial charge in [-0.25, -0.2) is 8.42 Å². The van der Waals surface area contributed by atoms with Crippen LogP contribution in [-0.4, -0.2) is 43.8 Å². The number of carbonyl (C=O) groups excluding carboxylic acids is 2.